The van der Waals surface area contributed by atoms with Gasteiger partial charge in [-0.25, -0.2) is 0 Å². The second-order valence-corrected chi connectivity index (χ2v) is 4.48. The zero-order valence-electron chi connectivity index (χ0n) is 10.8. The highest BCUT2D eigenvalue weighted by Gasteiger charge is 2.14. The van der Waals surface area contributed by atoms with Gasteiger partial charge in [0, 0.05) is 25.4 Å². The van der Waals surface area contributed by atoms with E-state index >= 15 is 0 Å². The molecule has 6 heteroatoms. The Morgan fingerprint density at radius 2 is 1.88 bits per heavy atom. The van der Waals surface area contributed by atoms with Crippen LogP contribution in [-0.4, -0.2) is 50.1 Å². The molecule has 0 aromatic carbocycles. The summed E-state index contributed by atoms with van der Waals surface area (Å²) in [6, 6.07) is -0.553. The molecule has 0 rings (SSSR count). The van der Waals surface area contributed by atoms with E-state index in [1.807, 2.05) is 13.8 Å². The average Bonchev–Trinajstić information content (AvgIpc) is 2.33. The van der Waals surface area contributed by atoms with E-state index in [2.05, 4.69) is 4.74 Å². The van der Waals surface area contributed by atoms with Crippen LogP contribution in [0.25, 0.3) is 0 Å². The third-order valence-corrected chi connectivity index (χ3v) is 3.12. The molecule has 0 heterocycles. The number of carbonyl (C=O) groups is 1. The van der Waals surface area contributed by atoms with E-state index in [0.29, 0.717) is 19.0 Å². The van der Waals surface area contributed by atoms with Gasteiger partial charge in [0.2, 0.25) is 0 Å². The average molecular weight is 265 g/mol. The molecule has 0 saturated heterocycles. The number of carbonyl (C=O) groups excluding carboxylic acids is 1. The number of methoxy groups -OCH3 is 1. The van der Waals surface area contributed by atoms with Gasteiger partial charge in [0.25, 0.3) is 0 Å². The molecular formula is C11H23NO4S. The van der Waals surface area contributed by atoms with E-state index in [9.17, 15) is 4.79 Å². The third-order valence-electron chi connectivity index (χ3n) is 2.00. The maximum absolute atomic E-state index is 11.0. The first kappa shape index (κ1) is 16.7. The molecular weight excluding hydrogens is 242 g/mol. The van der Waals surface area contributed by atoms with Crippen LogP contribution < -0.4 is 5.73 Å². The predicted octanol–water partition coefficient (Wildman–Crippen LogP) is 1.01. The minimum atomic E-state index is -0.553. The Morgan fingerprint density at radius 3 is 2.35 bits per heavy atom. The predicted molar refractivity (Wildman–Crippen MR) is 69.0 cm³/mol. The van der Waals surface area contributed by atoms with Crippen LogP contribution in [0.3, 0.4) is 0 Å². The number of hydrogen-bond donors (Lipinski definition) is 1. The highest BCUT2D eigenvalue weighted by Crippen LogP contribution is 2.10. The molecule has 0 aliphatic carbocycles. The van der Waals surface area contributed by atoms with Gasteiger partial charge < -0.3 is 19.9 Å². The van der Waals surface area contributed by atoms with Crippen LogP contribution in [0, 0.1) is 0 Å². The Hall–Kier alpha value is -0.300. The molecule has 0 aromatic rings. The van der Waals surface area contributed by atoms with Crippen LogP contribution >= 0.6 is 11.8 Å². The smallest absolute Gasteiger partial charge is 0.323 e. The Balaban J connectivity index is 3.63. The molecule has 0 aliphatic rings. The Labute approximate surface area is 107 Å². The Bertz CT molecular complexity index is 198. The van der Waals surface area contributed by atoms with Crippen molar-refractivity contribution >= 4 is 17.7 Å². The first-order chi connectivity index (χ1) is 8.15. The Kier molecular flexibility index (Phi) is 10.6. The Morgan fingerprint density at radius 1 is 1.29 bits per heavy atom. The lowest BCUT2D eigenvalue weighted by Gasteiger charge is -2.16. The van der Waals surface area contributed by atoms with Gasteiger partial charge in [-0.1, -0.05) is 0 Å². The molecule has 17 heavy (non-hydrogen) atoms. The quantitative estimate of drug-likeness (QED) is 0.361. The number of thioether (sulfide) groups is 1. The van der Waals surface area contributed by atoms with Gasteiger partial charge in [-0.15, -0.1) is 0 Å². The van der Waals surface area contributed by atoms with Crippen LogP contribution in [0.15, 0.2) is 0 Å². The number of ether oxygens (including phenoxy) is 3. The summed E-state index contributed by atoms with van der Waals surface area (Å²) in [6.07, 6.45) is 0.632. The SMILES string of the molecule is CCOC(CCSCC(N)C(=O)OC)OCC. The highest BCUT2D eigenvalue weighted by molar-refractivity contribution is 7.99. The maximum atomic E-state index is 11.0. The van der Waals surface area contributed by atoms with E-state index in [4.69, 9.17) is 15.2 Å². The van der Waals surface area contributed by atoms with Crippen LogP contribution in [0.4, 0.5) is 0 Å². The summed E-state index contributed by atoms with van der Waals surface area (Å²) < 4.78 is 15.3. The summed E-state index contributed by atoms with van der Waals surface area (Å²) in [6.45, 7) is 5.15. The van der Waals surface area contributed by atoms with Crippen LogP contribution in [0.5, 0.6) is 0 Å². The highest BCUT2D eigenvalue weighted by atomic mass is 32.2. The third kappa shape index (κ3) is 8.43. The largest absolute Gasteiger partial charge is 0.468 e. The van der Waals surface area contributed by atoms with Crippen molar-refractivity contribution in [3.63, 3.8) is 0 Å². The molecule has 2 N–H and O–H groups in total. The minimum Gasteiger partial charge on any atom is -0.468 e. The van der Waals surface area contributed by atoms with Gasteiger partial charge in [0.15, 0.2) is 6.29 Å². The minimum absolute atomic E-state index is 0.160. The van der Waals surface area contributed by atoms with Crippen molar-refractivity contribution in [2.75, 3.05) is 31.8 Å². The summed E-state index contributed by atoms with van der Waals surface area (Å²) in [5, 5.41) is 0. The van der Waals surface area contributed by atoms with Crippen molar-refractivity contribution < 1.29 is 19.0 Å². The lowest BCUT2D eigenvalue weighted by Crippen LogP contribution is -2.34. The fraction of sp³-hybridized carbons (Fsp3) is 0.909. The molecule has 0 amide bonds. The van der Waals surface area contributed by atoms with Gasteiger partial charge in [-0.2, -0.15) is 11.8 Å². The van der Waals surface area contributed by atoms with Crippen molar-refractivity contribution in [1.29, 1.82) is 0 Å². The van der Waals surface area contributed by atoms with Crippen molar-refractivity contribution in [1.82, 2.24) is 0 Å². The number of esters is 1. The maximum Gasteiger partial charge on any atom is 0.323 e. The van der Waals surface area contributed by atoms with Gasteiger partial charge in [0.1, 0.15) is 6.04 Å². The standard InChI is InChI=1S/C11H23NO4S/c1-4-15-10(16-5-2)6-7-17-8-9(12)11(13)14-3/h9-10H,4-8,12H2,1-3H3. The summed E-state index contributed by atoms with van der Waals surface area (Å²) >= 11 is 1.60. The zero-order valence-corrected chi connectivity index (χ0v) is 11.6. The van der Waals surface area contributed by atoms with E-state index < -0.39 is 6.04 Å². The normalized spacial score (nSPS) is 12.8. The number of nitrogens with two attached hydrogens (primary N) is 1. The second kappa shape index (κ2) is 10.8. The monoisotopic (exact) mass is 265 g/mol. The van der Waals surface area contributed by atoms with E-state index in [0.717, 1.165) is 12.2 Å². The van der Waals surface area contributed by atoms with E-state index in [-0.39, 0.29) is 12.3 Å². The van der Waals surface area contributed by atoms with Crippen molar-refractivity contribution in [3.8, 4) is 0 Å². The zero-order chi connectivity index (χ0) is 13.1. The molecule has 0 saturated carbocycles. The fourth-order valence-corrected chi connectivity index (χ4v) is 2.11. The van der Waals surface area contributed by atoms with Gasteiger partial charge in [0.05, 0.1) is 7.11 Å². The second-order valence-electron chi connectivity index (χ2n) is 3.33. The van der Waals surface area contributed by atoms with Gasteiger partial charge >= 0.3 is 5.97 Å². The molecule has 0 spiro atoms. The van der Waals surface area contributed by atoms with Crippen LogP contribution in [0.2, 0.25) is 0 Å². The fourth-order valence-electron chi connectivity index (χ4n) is 1.20. The summed E-state index contributed by atoms with van der Waals surface area (Å²) in [5.41, 5.74) is 5.60. The van der Waals surface area contributed by atoms with E-state index in [1.54, 1.807) is 11.8 Å². The molecule has 0 fully saturated rings. The first-order valence-electron chi connectivity index (χ1n) is 5.80. The molecule has 1 unspecified atom stereocenters. The van der Waals surface area contributed by atoms with Crippen molar-refractivity contribution in [3.05, 3.63) is 0 Å². The number of hydrogen-bond acceptors (Lipinski definition) is 6. The van der Waals surface area contributed by atoms with Gasteiger partial charge in [-0.05, 0) is 19.6 Å². The summed E-state index contributed by atoms with van der Waals surface area (Å²) in [7, 11) is 1.34. The molecule has 1 atom stereocenters. The van der Waals surface area contributed by atoms with E-state index in [1.165, 1.54) is 7.11 Å². The summed E-state index contributed by atoms with van der Waals surface area (Å²) in [4.78, 5) is 11.0. The van der Waals surface area contributed by atoms with Crippen molar-refractivity contribution in [2.24, 2.45) is 5.73 Å². The van der Waals surface area contributed by atoms with Crippen LogP contribution in [-0.2, 0) is 19.0 Å². The molecule has 0 radical (unpaired) electrons. The van der Waals surface area contributed by atoms with Gasteiger partial charge in [-0.3, -0.25) is 4.79 Å². The topological polar surface area (TPSA) is 70.8 Å². The number of rotatable bonds is 10. The molecule has 0 aromatic heterocycles. The molecule has 5 nitrogen and oxygen atoms in total. The lowest BCUT2D eigenvalue weighted by atomic mass is 10.4. The lowest BCUT2D eigenvalue weighted by molar-refractivity contribution is -0.141. The summed E-state index contributed by atoms with van der Waals surface area (Å²) in [5.74, 6) is 1.02. The molecule has 0 bridgehead atoms. The van der Waals surface area contributed by atoms with Crippen LogP contribution in [0.1, 0.15) is 20.3 Å². The van der Waals surface area contributed by atoms with Crippen molar-refractivity contribution in [2.45, 2.75) is 32.6 Å². The molecule has 102 valence electrons. The first-order valence-corrected chi connectivity index (χ1v) is 6.95. The molecule has 0 aliphatic heterocycles.